The normalized spacial score (nSPS) is 19.1. The van der Waals surface area contributed by atoms with E-state index >= 15 is 0 Å². The SMILES string of the molecule is CN1CCN(N(C)c2ncccn2)CC1. The van der Waals surface area contributed by atoms with Gasteiger partial charge in [-0.1, -0.05) is 0 Å². The molecule has 0 radical (unpaired) electrons. The number of hydrogen-bond donors (Lipinski definition) is 0. The smallest absolute Gasteiger partial charge is 0.239 e. The van der Waals surface area contributed by atoms with Crippen LogP contribution in [0.5, 0.6) is 0 Å². The van der Waals surface area contributed by atoms with Gasteiger partial charge in [0.1, 0.15) is 0 Å². The zero-order valence-corrected chi connectivity index (χ0v) is 9.30. The molecule has 1 fully saturated rings. The monoisotopic (exact) mass is 207 g/mol. The maximum absolute atomic E-state index is 4.23. The van der Waals surface area contributed by atoms with Gasteiger partial charge < -0.3 is 4.90 Å². The van der Waals surface area contributed by atoms with E-state index in [4.69, 9.17) is 0 Å². The van der Waals surface area contributed by atoms with E-state index in [1.807, 2.05) is 18.1 Å². The molecule has 5 nitrogen and oxygen atoms in total. The molecule has 0 N–H and O–H groups in total. The Kier molecular flexibility index (Phi) is 3.13. The number of aromatic nitrogens is 2. The van der Waals surface area contributed by atoms with E-state index in [0.29, 0.717) is 0 Å². The molecular weight excluding hydrogens is 190 g/mol. The van der Waals surface area contributed by atoms with Crippen LogP contribution >= 0.6 is 0 Å². The number of piperazine rings is 1. The number of hydrazine groups is 1. The molecule has 1 aliphatic rings. The third kappa shape index (κ3) is 2.43. The van der Waals surface area contributed by atoms with Crippen LogP contribution in [0.15, 0.2) is 18.5 Å². The highest BCUT2D eigenvalue weighted by molar-refractivity contribution is 5.24. The fourth-order valence-corrected chi connectivity index (χ4v) is 1.68. The summed E-state index contributed by atoms with van der Waals surface area (Å²) in [7, 11) is 4.16. The molecule has 1 aliphatic heterocycles. The van der Waals surface area contributed by atoms with Crippen molar-refractivity contribution in [2.45, 2.75) is 0 Å². The van der Waals surface area contributed by atoms with E-state index in [2.05, 4.69) is 26.9 Å². The highest BCUT2D eigenvalue weighted by Crippen LogP contribution is 2.08. The second-order valence-electron chi connectivity index (χ2n) is 3.83. The number of rotatable bonds is 2. The summed E-state index contributed by atoms with van der Waals surface area (Å²) < 4.78 is 0. The van der Waals surface area contributed by atoms with Crippen LogP contribution in [0, 0.1) is 0 Å². The minimum Gasteiger partial charge on any atom is -0.304 e. The van der Waals surface area contributed by atoms with Gasteiger partial charge in [-0.25, -0.2) is 15.0 Å². The highest BCUT2D eigenvalue weighted by Gasteiger charge is 2.18. The molecular formula is C10H17N5. The second-order valence-corrected chi connectivity index (χ2v) is 3.83. The predicted molar refractivity (Wildman–Crippen MR) is 59.5 cm³/mol. The van der Waals surface area contributed by atoms with Crippen molar-refractivity contribution < 1.29 is 0 Å². The zero-order valence-electron chi connectivity index (χ0n) is 9.30. The Morgan fingerprint density at radius 3 is 2.33 bits per heavy atom. The minimum absolute atomic E-state index is 0.766. The molecule has 5 heteroatoms. The Bertz CT molecular complexity index is 294. The Hall–Kier alpha value is -1.20. The average Bonchev–Trinajstić information content (AvgIpc) is 2.30. The lowest BCUT2D eigenvalue weighted by Gasteiger charge is -2.37. The Balaban J connectivity index is 1.99. The fourth-order valence-electron chi connectivity index (χ4n) is 1.68. The van der Waals surface area contributed by atoms with Crippen molar-refractivity contribution in [2.24, 2.45) is 0 Å². The maximum Gasteiger partial charge on any atom is 0.239 e. The maximum atomic E-state index is 4.23. The summed E-state index contributed by atoms with van der Waals surface area (Å²) in [5, 5.41) is 4.31. The van der Waals surface area contributed by atoms with Gasteiger partial charge in [-0.3, -0.25) is 5.01 Å². The van der Waals surface area contributed by atoms with E-state index in [1.54, 1.807) is 12.4 Å². The molecule has 0 saturated carbocycles. The predicted octanol–water partition coefficient (Wildman–Crippen LogP) is 0.0752. The largest absolute Gasteiger partial charge is 0.304 e. The lowest BCUT2D eigenvalue weighted by atomic mass is 10.4. The van der Waals surface area contributed by atoms with Crippen molar-refractivity contribution in [1.82, 2.24) is 19.9 Å². The molecule has 2 heterocycles. The third-order valence-corrected chi connectivity index (χ3v) is 2.75. The summed E-state index contributed by atoms with van der Waals surface area (Å²) in [6.07, 6.45) is 3.55. The van der Waals surface area contributed by atoms with Crippen molar-refractivity contribution in [3.63, 3.8) is 0 Å². The summed E-state index contributed by atoms with van der Waals surface area (Å²) in [5.41, 5.74) is 0. The molecule has 0 atom stereocenters. The van der Waals surface area contributed by atoms with E-state index in [1.165, 1.54) is 0 Å². The van der Waals surface area contributed by atoms with Crippen molar-refractivity contribution in [3.05, 3.63) is 18.5 Å². The van der Waals surface area contributed by atoms with Gasteiger partial charge in [-0.2, -0.15) is 0 Å². The average molecular weight is 207 g/mol. The highest BCUT2D eigenvalue weighted by atomic mass is 15.6. The molecule has 0 aromatic carbocycles. The first-order valence-corrected chi connectivity index (χ1v) is 5.21. The van der Waals surface area contributed by atoms with Gasteiger partial charge in [-0.05, 0) is 13.1 Å². The Morgan fingerprint density at radius 1 is 1.13 bits per heavy atom. The van der Waals surface area contributed by atoms with Crippen LogP contribution in [0.1, 0.15) is 0 Å². The molecule has 2 rings (SSSR count). The van der Waals surface area contributed by atoms with Crippen molar-refractivity contribution in [3.8, 4) is 0 Å². The summed E-state index contributed by atoms with van der Waals surface area (Å²) >= 11 is 0. The molecule has 0 amide bonds. The van der Waals surface area contributed by atoms with Crippen LogP contribution in [0.4, 0.5) is 5.95 Å². The zero-order chi connectivity index (χ0) is 10.7. The quantitative estimate of drug-likeness (QED) is 0.686. The molecule has 0 aliphatic carbocycles. The van der Waals surface area contributed by atoms with Gasteiger partial charge in [-0.15, -0.1) is 0 Å². The van der Waals surface area contributed by atoms with Crippen molar-refractivity contribution in [2.75, 3.05) is 45.3 Å². The van der Waals surface area contributed by atoms with Crippen molar-refractivity contribution in [1.29, 1.82) is 0 Å². The molecule has 1 aromatic rings. The first-order valence-electron chi connectivity index (χ1n) is 5.21. The number of anilines is 1. The number of hydrogen-bond acceptors (Lipinski definition) is 5. The summed E-state index contributed by atoms with van der Waals surface area (Å²) in [5.74, 6) is 0.766. The van der Waals surface area contributed by atoms with Gasteiger partial charge in [0.05, 0.1) is 0 Å². The van der Waals surface area contributed by atoms with Gasteiger partial charge >= 0.3 is 0 Å². The summed E-state index contributed by atoms with van der Waals surface area (Å²) in [6.45, 7) is 4.25. The minimum atomic E-state index is 0.766. The van der Waals surface area contributed by atoms with Crippen LogP contribution in [0.25, 0.3) is 0 Å². The lowest BCUT2D eigenvalue weighted by Crippen LogP contribution is -2.52. The van der Waals surface area contributed by atoms with Crippen LogP contribution in [0.3, 0.4) is 0 Å². The van der Waals surface area contributed by atoms with Crippen LogP contribution in [0.2, 0.25) is 0 Å². The Labute approximate surface area is 90.3 Å². The van der Waals surface area contributed by atoms with E-state index in [-0.39, 0.29) is 0 Å². The van der Waals surface area contributed by atoms with Crippen LogP contribution in [-0.4, -0.2) is 60.2 Å². The topological polar surface area (TPSA) is 35.5 Å². The Morgan fingerprint density at radius 2 is 1.73 bits per heavy atom. The molecule has 1 saturated heterocycles. The molecule has 0 spiro atoms. The number of nitrogens with zero attached hydrogens (tertiary/aromatic N) is 5. The van der Waals surface area contributed by atoms with E-state index in [0.717, 1.165) is 32.1 Å². The van der Waals surface area contributed by atoms with Crippen molar-refractivity contribution >= 4 is 5.95 Å². The molecule has 82 valence electrons. The summed E-state index contributed by atoms with van der Waals surface area (Å²) in [6, 6.07) is 1.83. The van der Waals surface area contributed by atoms with Gasteiger partial charge in [0.2, 0.25) is 5.95 Å². The van der Waals surface area contributed by atoms with Gasteiger partial charge in [0.25, 0.3) is 0 Å². The summed E-state index contributed by atoms with van der Waals surface area (Å²) in [4.78, 5) is 10.8. The standard InChI is InChI=1S/C10H17N5/c1-13-6-8-15(9-7-13)14(2)10-11-4-3-5-12-10/h3-5H,6-9H2,1-2H3. The molecule has 0 unspecified atom stereocenters. The van der Waals surface area contributed by atoms with Gasteiger partial charge in [0.15, 0.2) is 0 Å². The first-order chi connectivity index (χ1) is 7.27. The fraction of sp³-hybridized carbons (Fsp3) is 0.600. The lowest BCUT2D eigenvalue weighted by molar-refractivity contribution is 0.146. The second kappa shape index (κ2) is 4.55. The van der Waals surface area contributed by atoms with Crippen LogP contribution < -0.4 is 5.01 Å². The van der Waals surface area contributed by atoms with E-state index in [9.17, 15) is 0 Å². The molecule has 15 heavy (non-hydrogen) atoms. The third-order valence-electron chi connectivity index (χ3n) is 2.75. The van der Waals surface area contributed by atoms with Gasteiger partial charge in [0, 0.05) is 45.6 Å². The molecule has 1 aromatic heterocycles. The van der Waals surface area contributed by atoms with Crippen LogP contribution in [-0.2, 0) is 0 Å². The molecule has 0 bridgehead atoms. The van der Waals surface area contributed by atoms with E-state index < -0.39 is 0 Å². The first kappa shape index (κ1) is 10.3. The number of likely N-dealkylation sites (N-methyl/N-ethyl adjacent to an activating group) is 1.